The lowest BCUT2D eigenvalue weighted by Gasteiger charge is -2.11. The molecule has 1 aliphatic carbocycles. The molecule has 0 unspecified atom stereocenters. The molecule has 1 heterocycles. The molecule has 0 amide bonds. The topological polar surface area (TPSA) is 17.0 Å². The minimum absolute atomic E-state index is 1.03. The number of rotatable bonds is 8. The molecule has 102 valence electrons. The van der Waals surface area contributed by atoms with Gasteiger partial charge in [0.2, 0.25) is 0 Å². The first-order valence-electron chi connectivity index (χ1n) is 7.75. The highest BCUT2D eigenvalue weighted by atomic mass is 15.0. The zero-order chi connectivity index (χ0) is 12.6. The van der Waals surface area contributed by atoms with Crippen LogP contribution in [0, 0.1) is 5.92 Å². The Labute approximate surface area is 112 Å². The zero-order valence-electron chi connectivity index (χ0n) is 11.8. The van der Waals surface area contributed by atoms with Crippen LogP contribution in [0.5, 0.6) is 0 Å². The van der Waals surface area contributed by atoms with Gasteiger partial charge < -0.3 is 9.88 Å². The summed E-state index contributed by atoms with van der Waals surface area (Å²) in [4.78, 5) is 0. The highest BCUT2D eigenvalue weighted by molar-refractivity contribution is 5.06. The average Bonchev–Trinajstić information content (AvgIpc) is 3.01. The maximum absolute atomic E-state index is 3.59. The predicted octanol–water partition coefficient (Wildman–Crippen LogP) is 3.96. The van der Waals surface area contributed by atoms with Crippen LogP contribution in [0.1, 0.15) is 57.6 Å². The largest absolute Gasteiger partial charge is 0.350 e. The van der Waals surface area contributed by atoms with Crippen LogP contribution in [0.15, 0.2) is 18.3 Å². The average molecular weight is 248 g/mol. The van der Waals surface area contributed by atoms with Crippen LogP contribution in [-0.4, -0.2) is 11.1 Å². The molecule has 0 atom stereocenters. The van der Waals surface area contributed by atoms with E-state index in [2.05, 4.69) is 35.1 Å². The molecule has 1 aromatic rings. The van der Waals surface area contributed by atoms with Crippen LogP contribution in [0.4, 0.5) is 0 Å². The van der Waals surface area contributed by atoms with Gasteiger partial charge in [-0.2, -0.15) is 0 Å². The van der Waals surface area contributed by atoms with E-state index >= 15 is 0 Å². The van der Waals surface area contributed by atoms with E-state index in [4.69, 9.17) is 0 Å². The Kier molecular flexibility index (Phi) is 5.79. The lowest BCUT2D eigenvalue weighted by molar-refractivity contribution is 0.467. The third-order valence-corrected chi connectivity index (χ3v) is 4.13. The van der Waals surface area contributed by atoms with Crippen LogP contribution < -0.4 is 5.32 Å². The van der Waals surface area contributed by atoms with Gasteiger partial charge in [-0.25, -0.2) is 0 Å². The summed E-state index contributed by atoms with van der Waals surface area (Å²) in [6, 6.07) is 4.39. The van der Waals surface area contributed by atoms with Crippen molar-refractivity contribution in [2.24, 2.45) is 5.92 Å². The molecule has 2 rings (SSSR count). The van der Waals surface area contributed by atoms with Gasteiger partial charge >= 0.3 is 0 Å². The fraction of sp³-hybridized carbons (Fsp3) is 0.750. The maximum atomic E-state index is 3.59. The van der Waals surface area contributed by atoms with E-state index in [-0.39, 0.29) is 0 Å². The first kappa shape index (κ1) is 13.7. The van der Waals surface area contributed by atoms with Crippen molar-refractivity contribution in [2.75, 3.05) is 6.54 Å². The van der Waals surface area contributed by atoms with Crippen molar-refractivity contribution >= 4 is 0 Å². The van der Waals surface area contributed by atoms with E-state index in [0.717, 1.165) is 19.0 Å². The van der Waals surface area contributed by atoms with Crippen LogP contribution >= 0.6 is 0 Å². The summed E-state index contributed by atoms with van der Waals surface area (Å²) in [7, 11) is 0. The Bertz CT molecular complexity index is 324. The van der Waals surface area contributed by atoms with Gasteiger partial charge in [-0.05, 0) is 43.9 Å². The minimum Gasteiger partial charge on any atom is -0.350 e. The van der Waals surface area contributed by atoms with Gasteiger partial charge in [0.05, 0.1) is 0 Å². The second-order valence-electron chi connectivity index (χ2n) is 5.66. The molecule has 2 heteroatoms. The van der Waals surface area contributed by atoms with E-state index in [1.807, 2.05) is 0 Å². The molecular formula is C16H28N2. The summed E-state index contributed by atoms with van der Waals surface area (Å²) in [5.74, 6) is 1.04. The number of nitrogens with zero attached hydrogens (tertiary/aromatic N) is 1. The van der Waals surface area contributed by atoms with Gasteiger partial charge in [0, 0.05) is 25.0 Å². The Hall–Kier alpha value is -0.760. The molecule has 0 bridgehead atoms. The van der Waals surface area contributed by atoms with Gasteiger partial charge in [-0.3, -0.25) is 0 Å². The van der Waals surface area contributed by atoms with Crippen molar-refractivity contribution in [1.82, 2.24) is 9.88 Å². The molecule has 0 saturated heterocycles. The van der Waals surface area contributed by atoms with Crippen LogP contribution in [0.25, 0.3) is 0 Å². The lowest BCUT2D eigenvalue weighted by Crippen LogP contribution is -2.17. The zero-order valence-corrected chi connectivity index (χ0v) is 11.8. The van der Waals surface area contributed by atoms with Gasteiger partial charge in [-0.15, -0.1) is 0 Å². The van der Waals surface area contributed by atoms with Crippen molar-refractivity contribution < 1.29 is 0 Å². The van der Waals surface area contributed by atoms with E-state index in [9.17, 15) is 0 Å². The summed E-state index contributed by atoms with van der Waals surface area (Å²) in [5.41, 5.74) is 1.43. The number of nitrogens with one attached hydrogen (secondary N) is 1. The van der Waals surface area contributed by atoms with Crippen molar-refractivity contribution in [2.45, 2.75) is 65.0 Å². The van der Waals surface area contributed by atoms with Gasteiger partial charge in [0.25, 0.3) is 0 Å². The SMILES string of the molecule is CCCn1cccc1CNCCCC1CCCC1. The van der Waals surface area contributed by atoms with E-state index in [0.29, 0.717) is 0 Å². The summed E-state index contributed by atoms with van der Waals surface area (Å²) in [6.07, 6.45) is 12.1. The Morgan fingerprint density at radius 2 is 2.17 bits per heavy atom. The lowest BCUT2D eigenvalue weighted by atomic mass is 10.0. The minimum atomic E-state index is 1.03. The maximum Gasteiger partial charge on any atom is 0.0359 e. The molecule has 18 heavy (non-hydrogen) atoms. The second kappa shape index (κ2) is 7.63. The summed E-state index contributed by atoms with van der Waals surface area (Å²) >= 11 is 0. The van der Waals surface area contributed by atoms with E-state index < -0.39 is 0 Å². The van der Waals surface area contributed by atoms with Crippen molar-refractivity contribution in [3.8, 4) is 0 Å². The monoisotopic (exact) mass is 248 g/mol. The number of aromatic nitrogens is 1. The van der Waals surface area contributed by atoms with Gasteiger partial charge in [0.1, 0.15) is 0 Å². The molecule has 1 N–H and O–H groups in total. The van der Waals surface area contributed by atoms with Crippen LogP contribution in [0.3, 0.4) is 0 Å². The first-order chi connectivity index (χ1) is 8.90. The molecule has 1 aromatic heterocycles. The summed E-state index contributed by atoms with van der Waals surface area (Å²) in [5, 5.41) is 3.59. The second-order valence-corrected chi connectivity index (χ2v) is 5.66. The molecule has 0 aliphatic heterocycles. The quantitative estimate of drug-likeness (QED) is 0.689. The predicted molar refractivity (Wildman–Crippen MR) is 77.6 cm³/mol. The molecule has 0 radical (unpaired) electrons. The number of hydrogen-bond acceptors (Lipinski definition) is 1. The Morgan fingerprint density at radius 3 is 2.94 bits per heavy atom. The number of aryl methyl sites for hydroxylation is 1. The smallest absolute Gasteiger partial charge is 0.0359 e. The highest BCUT2D eigenvalue weighted by Gasteiger charge is 2.13. The van der Waals surface area contributed by atoms with Crippen LogP contribution in [0.2, 0.25) is 0 Å². The molecule has 0 aromatic carbocycles. The number of hydrogen-bond donors (Lipinski definition) is 1. The van der Waals surface area contributed by atoms with Gasteiger partial charge in [0.15, 0.2) is 0 Å². The standard InChI is InChI=1S/C16H28N2/c1-2-12-18-13-6-10-16(18)14-17-11-5-9-15-7-3-4-8-15/h6,10,13,15,17H,2-5,7-9,11-12,14H2,1H3. The molecule has 1 saturated carbocycles. The molecular weight excluding hydrogens is 220 g/mol. The van der Waals surface area contributed by atoms with Crippen molar-refractivity contribution in [3.63, 3.8) is 0 Å². The Balaban J connectivity index is 1.58. The summed E-state index contributed by atoms with van der Waals surface area (Å²) < 4.78 is 2.37. The fourth-order valence-corrected chi connectivity index (χ4v) is 3.10. The van der Waals surface area contributed by atoms with E-state index in [1.165, 1.54) is 57.2 Å². The van der Waals surface area contributed by atoms with Gasteiger partial charge in [-0.1, -0.05) is 32.6 Å². The van der Waals surface area contributed by atoms with Crippen molar-refractivity contribution in [3.05, 3.63) is 24.0 Å². The molecule has 1 aliphatic rings. The molecule has 1 fully saturated rings. The Morgan fingerprint density at radius 1 is 1.33 bits per heavy atom. The highest BCUT2D eigenvalue weighted by Crippen LogP contribution is 2.28. The summed E-state index contributed by atoms with van der Waals surface area (Å²) in [6.45, 7) is 5.58. The normalized spacial score (nSPS) is 16.5. The third kappa shape index (κ3) is 4.16. The van der Waals surface area contributed by atoms with Crippen molar-refractivity contribution in [1.29, 1.82) is 0 Å². The molecule has 2 nitrogen and oxygen atoms in total. The third-order valence-electron chi connectivity index (χ3n) is 4.13. The fourth-order valence-electron chi connectivity index (χ4n) is 3.10. The van der Waals surface area contributed by atoms with E-state index in [1.54, 1.807) is 0 Å². The molecule has 0 spiro atoms. The first-order valence-corrected chi connectivity index (χ1v) is 7.75. The van der Waals surface area contributed by atoms with Crippen LogP contribution in [-0.2, 0) is 13.1 Å².